The van der Waals surface area contributed by atoms with Crippen LogP contribution in [0.5, 0.6) is 17.2 Å². The summed E-state index contributed by atoms with van der Waals surface area (Å²) in [7, 11) is 0. The number of carbonyl (C=O) groups is 3. The molecule has 2 aliphatic rings. The van der Waals surface area contributed by atoms with Gasteiger partial charge >= 0.3 is 5.97 Å². The molecule has 3 aromatic carbocycles. The molecule has 0 atom stereocenters. The van der Waals surface area contributed by atoms with Gasteiger partial charge in [0.15, 0.2) is 11.5 Å². The van der Waals surface area contributed by atoms with Crippen LogP contribution in [0.3, 0.4) is 0 Å². The Morgan fingerprint density at radius 3 is 2.54 bits per heavy atom. The highest BCUT2D eigenvalue weighted by Gasteiger charge is 2.35. The van der Waals surface area contributed by atoms with E-state index in [1.165, 1.54) is 0 Å². The van der Waals surface area contributed by atoms with Crippen LogP contribution in [0.1, 0.15) is 21.5 Å². The summed E-state index contributed by atoms with van der Waals surface area (Å²) in [6.45, 7) is 0.119. The van der Waals surface area contributed by atoms with E-state index in [9.17, 15) is 14.4 Å². The van der Waals surface area contributed by atoms with E-state index in [-0.39, 0.29) is 18.2 Å². The molecule has 2 amide bonds. The van der Waals surface area contributed by atoms with E-state index in [1.54, 1.807) is 54.6 Å². The van der Waals surface area contributed by atoms with E-state index in [2.05, 4.69) is 22.6 Å². The first-order valence-electron chi connectivity index (χ1n) is 10.3. The smallest absolute Gasteiger partial charge is 0.344 e. The summed E-state index contributed by atoms with van der Waals surface area (Å²) < 4.78 is 16.9. The third kappa shape index (κ3) is 5.02. The fraction of sp³-hybridized carbons (Fsp3) is 0.0800. The Balaban J connectivity index is 1.28. The van der Waals surface area contributed by atoms with Crippen LogP contribution in [0.4, 0.5) is 4.79 Å². The zero-order chi connectivity index (χ0) is 24.5. The van der Waals surface area contributed by atoms with Crippen molar-refractivity contribution >= 4 is 69.1 Å². The molecule has 0 unspecified atom stereocenters. The molecule has 7 nitrogen and oxygen atoms in total. The third-order valence-corrected chi connectivity index (χ3v) is 7.43. The maximum atomic E-state index is 12.9. The molecule has 176 valence electrons. The minimum Gasteiger partial charge on any atom is -0.454 e. The minimum absolute atomic E-state index is 0.0185. The largest absolute Gasteiger partial charge is 0.454 e. The SMILES string of the molecule is O=C(Oc1ccc(/C=C2\SC(=O)N(Cc3cc4c(cc3Cl)OCO4)C2=O)cc1)c1ccccc1I. The van der Waals surface area contributed by atoms with Crippen LogP contribution in [0, 0.1) is 3.57 Å². The number of benzene rings is 3. The van der Waals surface area contributed by atoms with Crippen LogP contribution >= 0.6 is 46.0 Å². The summed E-state index contributed by atoms with van der Waals surface area (Å²) in [5, 5.41) is -0.00870. The molecule has 1 fully saturated rings. The van der Waals surface area contributed by atoms with Crippen molar-refractivity contribution in [3.63, 3.8) is 0 Å². The molecular weight excluding hydrogens is 605 g/mol. The Hall–Kier alpha value is -3.02. The molecule has 0 N–H and O–H groups in total. The van der Waals surface area contributed by atoms with Gasteiger partial charge in [0.2, 0.25) is 6.79 Å². The van der Waals surface area contributed by atoms with Crippen LogP contribution in [0.15, 0.2) is 65.6 Å². The van der Waals surface area contributed by atoms with Crippen LogP contribution in [-0.4, -0.2) is 28.8 Å². The summed E-state index contributed by atoms with van der Waals surface area (Å²) >= 11 is 9.24. The molecule has 1 saturated heterocycles. The van der Waals surface area contributed by atoms with Gasteiger partial charge in [0.1, 0.15) is 5.75 Å². The molecule has 0 bridgehead atoms. The molecule has 2 aliphatic heterocycles. The van der Waals surface area contributed by atoms with Crippen molar-refractivity contribution < 1.29 is 28.6 Å². The van der Waals surface area contributed by atoms with Gasteiger partial charge < -0.3 is 14.2 Å². The minimum atomic E-state index is -0.453. The average molecular weight is 620 g/mol. The van der Waals surface area contributed by atoms with Crippen LogP contribution in [-0.2, 0) is 11.3 Å². The number of esters is 1. The van der Waals surface area contributed by atoms with Crippen LogP contribution in [0.25, 0.3) is 6.08 Å². The second kappa shape index (κ2) is 9.92. The number of hydrogen-bond donors (Lipinski definition) is 0. The monoisotopic (exact) mass is 619 g/mol. The number of imide groups is 1. The number of carbonyl (C=O) groups excluding carboxylic acids is 3. The number of hydrogen-bond acceptors (Lipinski definition) is 7. The van der Waals surface area contributed by atoms with Gasteiger partial charge in [-0.3, -0.25) is 14.5 Å². The lowest BCUT2D eigenvalue weighted by Gasteiger charge is -2.14. The van der Waals surface area contributed by atoms with Gasteiger partial charge in [-0.1, -0.05) is 35.9 Å². The lowest BCUT2D eigenvalue weighted by atomic mass is 10.1. The average Bonchev–Trinajstić information content (AvgIpc) is 3.39. The zero-order valence-corrected chi connectivity index (χ0v) is 21.6. The third-order valence-electron chi connectivity index (χ3n) is 5.23. The van der Waals surface area contributed by atoms with Gasteiger partial charge in [-0.2, -0.15) is 0 Å². The molecule has 0 spiro atoms. The van der Waals surface area contributed by atoms with Crippen molar-refractivity contribution in [3.05, 3.63) is 90.9 Å². The van der Waals surface area contributed by atoms with Crippen molar-refractivity contribution in [2.24, 2.45) is 0 Å². The highest BCUT2D eigenvalue weighted by atomic mass is 127. The van der Waals surface area contributed by atoms with Crippen LogP contribution in [0.2, 0.25) is 5.02 Å². The van der Waals surface area contributed by atoms with E-state index in [0.717, 1.165) is 20.2 Å². The topological polar surface area (TPSA) is 82.1 Å². The van der Waals surface area contributed by atoms with Crippen molar-refractivity contribution in [3.8, 4) is 17.2 Å². The molecule has 5 rings (SSSR count). The molecule has 2 heterocycles. The van der Waals surface area contributed by atoms with Crippen molar-refractivity contribution in [1.82, 2.24) is 4.90 Å². The maximum Gasteiger partial charge on any atom is 0.344 e. The molecular formula is C25H15ClINO6S. The Labute approximate surface area is 223 Å². The predicted molar refractivity (Wildman–Crippen MR) is 140 cm³/mol. The molecule has 3 aromatic rings. The Morgan fingerprint density at radius 2 is 1.80 bits per heavy atom. The van der Waals surface area contributed by atoms with Gasteiger partial charge in [0, 0.05) is 14.7 Å². The zero-order valence-electron chi connectivity index (χ0n) is 17.8. The molecule has 0 radical (unpaired) electrons. The van der Waals surface area contributed by atoms with Gasteiger partial charge in [-0.15, -0.1) is 0 Å². The number of fused-ring (bicyclic) bond motifs is 1. The first kappa shape index (κ1) is 23.7. The molecule has 35 heavy (non-hydrogen) atoms. The van der Waals surface area contributed by atoms with Crippen molar-refractivity contribution in [2.45, 2.75) is 6.54 Å². The summed E-state index contributed by atoms with van der Waals surface area (Å²) in [6.07, 6.45) is 1.62. The maximum absolute atomic E-state index is 12.9. The Morgan fingerprint density at radius 1 is 1.09 bits per heavy atom. The normalized spacial score (nSPS) is 15.7. The fourth-order valence-electron chi connectivity index (χ4n) is 3.46. The fourth-order valence-corrected chi connectivity index (χ4v) is 5.12. The number of halogens is 2. The Bertz CT molecular complexity index is 1390. The second-order valence-corrected chi connectivity index (χ2v) is 10.1. The lowest BCUT2D eigenvalue weighted by molar-refractivity contribution is -0.123. The van der Waals surface area contributed by atoms with E-state index in [0.29, 0.717) is 39.0 Å². The number of ether oxygens (including phenoxy) is 3. The Kier molecular flexibility index (Phi) is 6.72. The predicted octanol–water partition coefficient (Wildman–Crippen LogP) is 6.13. The van der Waals surface area contributed by atoms with Crippen molar-refractivity contribution in [1.29, 1.82) is 0 Å². The number of nitrogens with zero attached hydrogens (tertiary/aromatic N) is 1. The number of amides is 2. The summed E-state index contributed by atoms with van der Waals surface area (Å²) in [6, 6.07) is 17.1. The standard InChI is InChI=1S/C25H15ClINO6S/c26-18-11-21-20(32-13-33-21)10-15(18)12-28-23(29)22(35-25(28)31)9-14-5-7-16(8-6-14)34-24(30)17-3-1-2-4-19(17)27/h1-11H,12-13H2/b22-9-. The van der Waals surface area contributed by atoms with Gasteiger partial charge in [0.25, 0.3) is 11.1 Å². The van der Waals surface area contributed by atoms with Crippen LogP contribution < -0.4 is 14.2 Å². The van der Waals surface area contributed by atoms with E-state index in [4.69, 9.17) is 25.8 Å². The molecule has 0 saturated carbocycles. The van der Waals surface area contributed by atoms with E-state index in [1.807, 2.05) is 12.1 Å². The van der Waals surface area contributed by atoms with Gasteiger partial charge in [-0.05, 0) is 81.9 Å². The summed E-state index contributed by atoms with van der Waals surface area (Å²) in [5.41, 5.74) is 1.75. The quantitative estimate of drug-likeness (QED) is 0.147. The second-order valence-electron chi connectivity index (χ2n) is 7.50. The number of thioether (sulfide) groups is 1. The van der Waals surface area contributed by atoms with E-state index < -0.39 is 17.1 Å². The van der Waals surface area contributed by atoms with Gasteiger partial charge in [0.05, 0.1) is 17.0 Å². The highest BCUT2D eigenvalue weighted by molar-refractivity contribution is 14.1. The van der Waals surface area contributed by atoms with Crippen molar-refractivity contribution in [2.75, 3.05) is 6.79 Å². The summed E-state index contributed by atoms with van der Waals surface area (Å²) in [5.74, 6) is 0.557. The molecule has 10 heteroatoms. The van der Waals surface area contributed by atoms with Gasteiger partial charge in [-0.25, -0.2) is 4.79 Å². The number of rotatable bonds is 5. The first-order valence-corrected chi connectivity index (χ1v) is 12.6. The lowest BCUT2D eigenvalue weighted by Crippen LogP contribution is -2.27. The molecule has 0 aromatic heterocycles. The molecule has 0 aliphatic carbocycles. The highest BCUT2D eigenvalue weighted by Crippen LogP contribution is 2.39. The van der Waals surface area contributed by atoms with E-state index >= 15 is 0 Å². The first-order chi connectivity index (χ1) is 16.9. The summed E-state index contributed by atoms with van der Waals surface area (Å²) in [4.78, 5) is 39.3.